The zero-order valence-corrected chi connectivity index (χ0v) is 12.7. The molecule has 0 aliphatic carbocycles. The number of amides is 1. The summed E-state index contributed by atoms with van der Waals surface area (Å²) in [6.45, 7) is 8.34. The predicted octanol–water partition coefficient (Wildman–Crippen LogP) is 1.30. The van der Waals surface area contributed by atoms with Gasteiger partial charge in [0, 0.05) is 32.1 Å². The van der Waals surface area contributed by atoms with Crippen molar-refractivity contribution in [2.24, 2.45) is 17.1 Å². The molecule has 4 nitrogen and oxygen atoms in total. The highest BCUT2D eigenvalue weighted by Crippen LogP contribution is 2.28. The van der Waals surface area contributed by atoms with Gasteiger partial charge < -0.3 is 15.5 Å². The van der Waals surface area contributed by atoms with Gasteiger partial charge in [-0.15, -0.1) is 0 Å². The first kappa shape index (κ1) is 14.8. The van der Waals surface area contributed by atoms with Gasteiger partial charge in [-0.3, -0.25) is 4.79 Å². The molecule has 110 valence electrons. The lowest BCUT2D eigenvalue weighted by atomic mass is 9.79. The monoisotopic (exact) mass is 267 g/mol. The number of likely N-dealkylation sites (tertiary alicyclic amines) is 2. The lowest BCUT2D eigenvalue weighted by Crippen LogP contribution is -2.54. The van der Waals surface area contributed by atoms with Gasteiger partial charge in [0.2, 0.25) is 5.91 Å². The van der Waals surface area contributed by atoms with Crippen LogP contribution >= 0.6 is 0 Å². The predicted molar refractivity (Wildman–Crippen MR) is 77.8 cm³/mol. The number of carbonyl (C=O) groups is 1. The molecule has 0 aromatic carbocycles. The first-order chi connectivity index (χ1) is 8.88. The van der Waals surface area contributed by atoms with Gasteiger partial charge in [0.25, 0.3) is 0 Å². The minimum Gasteiger partial charge on any atom is -0.342 e. The average molecular weight is 267 g/mol. The standard InChI is InChI=1S/C15H29N3O/c1-15(2)11-18(9-7-13(15)16)14(19)5-4-12-6-8-17(3)10-12/h12-13H,4-11,16H2,1-3H3. The second-order valence-corrected chi connectivity index (χ2v) is 7.15. The van der Waals surface area contributed by atoms with Gasteiger partial charge in [-0.25, -0.2) is 0 Å². The maximum Gasteiger partial charge on any atom is 0.222 e. The summed E-state index contributed by atoms with van der Waals surface area (Å²) in [5.41, 5.74) is 6.18. The number of hydrogen-bond acceptors (Lipinski definition) is 3. The molecule has 0 saturated carbocycles. The van der Waals surface area contributed by atoms with Gasteiger partial charge >= 0.3 is 0 Å². The molecule has 0 aromatic rings. The van der Waals surface area contributed by atoms with E-state index in [1.54, 1.807) is 0 Å². The molecule has 2 atom stereocenters. The molecular formula is C15H29N3O. The molecule has 0 radical (unpaired) electrons. The van der Waals surface area contributed by atoms with Crippen molar-refractivity contribution in [1.29, 1.82) is 0 Å². The lowest BCUT2D eigenvalue weighted by Gasteiger charge is -2.42. The number of piperidine rings is 1. The third-order valence-electron chi connectivity index (χ3n) is 4.92. The van der Waals surface area contributed by atoms with Crippen molar-refractivity contribution in [1.82, 2.24) is 9.80 Å². The molecule has 19 heavy (non-hydrogen) atoms. The second-order valence-electron chi connectivity index (χ2n) is 7.15. The first-order valence-electron chi connectivity index (χ1n) is 7.60. The van der Waals surface area contributed by atoms with Crippen LogP contribution in [-0.4, -0.2) is 55.0 Å². The third-order valence-corrected chi connectivity index (χ3v) is 4.92. The summed E-state index contributed by atoms with van der Waals surface area (Å²) in [7, 11) is 2.16. The highest BCUT2D eigenvalue weighted by atomic mass is 16.2. The van der Waals surface area contributed by atoms with Crippen LogP contribution in [0.3, 0.4) is 0 Å². The van der Waals surface area contributed by atoms with Crippen LogP contribution in [-0.2, 0) is 4.79 Å². The highest BCUT2D eigenvalue weighted by molar-refractivity contribution is 5.76. The van der Waals surface area contributed by atoms with Crippen molar-refractivity contribution in [3.63, 3.8) is 0 Å². The molecule has 2 heterocycles. The number of hydrogen-bond donors (Lipinski definition) is 1. The van der Waals surface area contributed by atoms with Gasteiger partial charge in [-0.2, -0.15) is 0 Å². The van der Waals surface area contributed by atoms with E-state index >= 15 is 0 Å². The zero-order valence-electron chi connectivity index (χ0n) is 12.7. The molecule has 0 aromatic heterocycles. The molecule has 2 fully saturated rings. The smallest absolute Gasteiger partial charge is 0.222 e. The van der Waals surface area contributed by atoms with Crippen LogP contribution < -0.4 is 5.73 Å². The van der Waals surface area contributed by atoms with E-state index in [1.807, 2.05) is 4.90 Å². The Bertz CT molecular complexity index is 329. The molecular weight excluding hydrogens is 238 g/mol. The first-order valence-corrected chi connectivity index (χ1v) is 7.60. The lowest BCUT2D eigenvalue weighted by molar-refractivity contribution is -0.134. The van der Waals surface area contributed by atoms with E-state index in [-0.39, 0.29) is 11.5 Å². The van der Waals surface area contributed by atoms with Crippen LogP contribution in [0.5, 0.6) is 0 Å². The molecule has 0 bridgehead atoms. The van der Waals surface area contributed by atoms with E-state index in [4.69, 9.17) is 5.73 Å². The molecule has 2 rings (SSSR count). The summed E-state index contributed by atoms with van der Waals surface area (Å²) < 4.78 is 0. The van der Waals surface area contributed by atoms with E-state index in [9.17, 15) is 4.79 Å². The zero-order chi connectivity index (χ0) is 14.0. The summed E-state index contributed by atoms with van der Waals surface area (Å²) in [5, 5.41) is 0. The van der Waals surface area contributed by atoms with E-state index in [2.05, 4.69) is 25.8 Å². The summed E-state index contributed by atoms with van der Waals surface area (Å²) in [6, 6.07) is 0.222. The largest absolute Gasteiger partial charge is 0.342 e. The molecule has 0 spiro atoms. The van der Waals surface area contributed by atoms with Gasteiger partial charge in [0.05, 0.1) is 0 Å². The summed E-state index contributed by atoms with van der Waals surface area (Å²) in [5.74, 6) is 1.04. The van der Waals surface area contributed by atoms with Crippen molar-refractivity contribution in [3.05, 3.63) is 0 Å². The molecule has 2 aliphatic rings. The topological polar surface area (TPSA) is 49.6 Å². The van der Waals surface area contributed by atoms with E-state index in [0.29, 0.717) is 18.2 Å². The quantitative estimate of drug-likeness (QED) is 0.838. The fourth-order valence-corrected chi connectivity index (χ4v) is 3.33. The number of rotatable bonds is 3. The SMILES string of the molecule is CN1CCC(CCC(=O)N2CCC(N)C(C)(C)C2)C1. The molecule has 4 heteroatoms. The van der Waals surface area contributed by atoms with Crippen LogP contribution in [0.15, 0.2) is 0 Å². The van der Waals surface area contributed by atoms with Crippen molar-refractivity contribution < 1.29 is 4.79 Å². The highest BCUT2D eigenvalue weighted by Gasteiger charge is 2.35. The Morgan fingerprint density at radius 1 is 1.32 bits per heavy atom. The van der Waals surface area contributed by atoms with Gasteiger partial charge in [0.15, 0.2) is 0 Å². The molecule has 2 saturated heterocycles. The maximum atomic E-state index is 12.3. The van der Waals surface area contributed by atoms with Crippen LogP contribution in [0, 0.1) is 11.3 Å². The Morgan fingerprint density at radius 2 is 2.05 bits per heavy atom. The summed E-state index contributed by atoms with van der Waals surface area (Å²) in [6.07, 6.45) is 3.95. The number of carbonyl (C=O) groups excluding carboxylic acids is 1. The van der Waals surface area contributed by atoms with Crippen molar-refractivity contribution in [2.45, 2.75) is 45.6 Å². The molecule has 1 amide bonds. The average Bonchev–Trinajstić information content (AvgIpc) is 2.75. The van der Waals surface area contributed by atoms with Crippen molar-refractivity contribution >= 4 is 5.91 Å². The fraction of sp³-hybridized carbons (Fsp3) is 0.933. The molecule has 2 N–H and O–H groups in total. The van der Waals surface area contributed by atoms with Crippen LogP contribution in [0.1, 0.15) is 39.5 Å². The second kappa shape index (κ2) is 5.80. The van der Waals surface area contributed by atoms with Crippen LogP contribution in [0.25, 0.3) is 0 Å². The summed E-state index contributed by atoms with van der Waals surface area (Å²) >= 11 is 0. The minimum absolute atomic E-state index is 0.0570. The van der Waals surface area contributed by atoms with Gasteiger partial charge in [-0.1, -0.05) is 13.8 Å². The fourth-order valence-electron chi connectivity index (χ4n) is 3.33. The Labute approximate surface area is 117 Å². The Kier molecular flexibility index (Phi) is 4.51. The van der Waals surface area contributed by atoms with Gasteiger partial charge in [-0.05, 0) is 44.2 Å². The van der Waals surface area contributed by atoms with Crippen molar-refractivity contribution in [2.75, 3.05) is 33.2 Å². The van der Waals surface area contributed by atoms with Gasteiger partial charge in [0.1, 0.15) is 0 Å². The van der Waals surface area contributed by atoms with E-state index < -0.39 is 0 Å². The van der Waals surface area contributed by atoms with E-state index in [0.717, 1.165) is 32.5 Å². The Balaban J connectivity index is 1.77. The Morgan fingerprint density at radius 3 is 2.63 bits per heavy atom. The number of nitrogens with two attached hydrogens (primary N) is 1. The Hall–Kier alpha value is -0.610. The molecule has 2 unspecified atom stereocenters. The molecule has 2 aliphatic heterocycles. The normalized spacial score (nSPS) is 31.7. The van der Waals surface area contributed by atoms with Crippen LogP contribution in [0.4, 0.5) is 0 Å². The maximum absolute atomic E-state index is 12.3. The van der Waals surface area contributed by atoms with E-state index in [1.165, 1.54) is 13.0 Å². The number of nitrogens with zero attached hydrogens (tertiary/aromatic N) is 2. The minimum atomic E-state index is 0.0570. The van der Waals surface area contributed by atoms with Crippen LogP contribution in [0.2, 0.25) is 0 Å². The third kappa shape index (κ3) is 3.69. The van der Waals surface area contributed by atoms with Crippen molar-refractivity contribution in [3.8, 4) is 0 Å². The summed E-state index contributed by atoms with van der Waals surface area (Å²) in [4.78, 5) is 16.7.